The molecule has 2 aromatic rings. The molecule has 0 fully saturated rings. The molecule has 0 aliphatic rings. The lowest BCUT2D eigenvalue weighted by molar-refractivity contribution is 0.366. The van der Waals surface area contributed by atoms with Crippen LogP contribution in [0.15, 0.2) is 24.4 Å². The Morgan fingerprint density at radius 3 is 1.23 bits per heavy atom. The van der Waals surface area contributed by atoms with E-state index in [0.717, 1.165) is 11.5 Å². The first kappa shape index (κ1) is 55.5. The highest BCUT2D eigenvalue weighted by Crippen LogP contribution is 2.20. The van der Waals surface area contributed by atoms with Gasteiger partial charge in [0.15, 0.2) is 0 Å². The first-order chi connectivity index (χ1) is 26.7. The minimum Gasteiger partial charge on any atom is -0.418 e. The van der Waals surface area contributed by atoms with E-state index in [0.29, 0.717) is 28.3 Å². The number of hydrogen-bond acceptors (Lipinski definition) is 4. The number of nitrogens with zero attached hydrogens (tertiary/aromatic N) is 3. The fourth-order valence-corrected chi connectivity index (χ4v) is 10.00. The summed E-state index contributed by atoms with van der Waals surface area (Å²) in [6.45, 7) is 5.11. The second-order valence-electron chi connectivity index (χ2n) is 14.9. The molecule has 334 valence electrons. The zero-order valence-electron chi connectivity index (χ0n) is 34.7. The van der Waals surface area contributed by atoms with Gasteiger partial charge in [-0.1, -0.05) is 122 Å². The molecule has 0 saturated carbocycles. The van der Waals surface area contributed by atoms with E-state index in [1.807, 2.05) is 0 Å². The number of unbranched alkanes of at least 4 members (excludes halogenated alkanes) is 18. The van der Waals surface area contributed by atoms with Crippen LogP contribution in [0.4, 0.5) is 34.5 Å². The van der Waals surface area contributed by atoms with Crippen molar-refractivity contribution in [3.63, 3.8) is 0 Å². The van der Waals surface area contributed by atoms with Gasteiger partial charge < -0.3 is 34.5 Å². The molecule has 0 aliphatic heterocycles. The Hall–Kier alpha value is -1.46. The second-order valence-corrected chi connectivity index (χ2v) is 20.9. The normalized spacial score (nSPS) is 13.1. The maximum absolute atomic E-state index is 11.3. The summed E-state index contributed by atoms with van der Waals surface area (Å²) in [4.78, 5) is 0. The molecule has 57 heavy (non-hydrogen) atoms. The number of halogens is 8. The molecule has 1 aromatic carbocycles. The minimum atomic E-state index is -6.00. The Bertz CT molecular complexity index is 1320. The summed E-state index contributed by atoms with van der Waals surface area (Å²) in [6, 6.07) is 7.07. The summed E-state index contributed by atoms with van der Waals surface area (Å²) in [7, 11) is -15.4. The van der Waals surface area contributed by atoms with Crippen LogP contribution >= 0.6 is 0 Å². The van der Waals surface area contributed by atoms with E-state index in [1.165, 1.54) is 157 Å². The fourth-order valence-electron chi connectivity index (χ4n) is 6.34. The molecular formula is C38H69B2F8N3O3S3. The van der Waals surface area contributed by atoms with Crippen molar-refractivity contribution in [2.75, 3.05) is 24.0 Å². The molecule has 1 N–H and O–H groups in total. The fraction of sp³-hybridized carbons (Fsp3) is 0.789. The second kappa shape index (κ2) is 32.3. The Kier molecular flexibility index (Phi) is 31.5. The molecule has 2 rings (SSSR count). The Morgan fingerprint density at radius 1 is 0.579 bits per heavy atom. The van der Waals surface area contributed by atoms with Gasteiger partial charge in [-0.3, -0.25) is 4.55 Å². The average molecular weight is 886 g/mol. The van der Waals surface area contributed by atoms with Gasteiger partial charge in [-0.2, -0.15) is 8.42 Å². The van der Waals surface area contributed by atoms with E-state index < -0.39 is 30.4 Å². The smallest absolute Gasteiger partial charge is 0.418 e. The average Bonchev–Trinajstić information content (AvgIpc) is 3.49. The maximum atomic E-state index is 11.3. The lowest BCUT2D eigenvalue weighted by Gasteiger charge is -2.11. The topological polar surface area (TPSA) is 85.1 Å². The summed E-state index contributed by atoms with van der Waals surface area (Å²) in [5, 5.41) is 8.12. The van der Waals surface area contributed by atoms with Gasteiger partial charge in [-0.25, -0.2) is 4.68 Å². The molecule has 6 nitrogen and oxygen atoms in total. The van der Waals surface area contributed by atoms with Crippen LogP contribution in [0.1, 0.15) is 165 Å². The van der Waals surface area contributed by atoms with Crippen LogP contribution in [0.5, 0.6) is 0 Å². The van der Waals surface area contributed by atoms with Gasteiger partial charge in [0, 0.05) is 17.3 Å². The van der Waals surface area contributed by atoms with Crippen molar-refractivity contribution >= 4 is 46.4 Å². The van der Waals surface area contributed by atoms with E-state index in [4.69, 9.17) is 0 Å². The van der Waals surface area contributed by atoms with Gasteiger partial charge in [-0.05, 0) is 71.2 Å². The summed E-state index contributed by atoms with van der Waals surface area (Å²) in [5.41, 5.74) is 4.27. The summed E-state index contributed by atoms with van der Waals surface area (Å²) in [5.74, 6) is 4.32. The maximum Gasteiger partial charge on any atom is 0.673 e. The number of rotatable bonds is 30. The predicted molar refractivity (Wildman–Crippen MR) is 229 cm³/mol. The summed E-state index contributed by atoms with van der Waals surface area (Å²) >= 11 is 0. The van der Waals surface area contributed by atoms with Gasteiger partial charge in [0.25, 0.3) is 10.1 Å². The summed E-state index contributed by atoms with van der Waals surface area (Å²) in [6.07, 6.45) is 34.1. The Labute approximate surface area is 344 Å². The van der Waals surface area contributed by atoms with Gasteiger partial charge >= 0.3 is 14.5 Å². The highest BCUT2D eigenvalue weighted by Gasteiger charge is 2.21. The van der Waals surface area contributed by atoms with Crippen molar-refractivity contribution in [2.24, 2.45) is 0 Å². The van der Waals surface area contributed by atoms with Crippen LogP contribution in [0.25, 0.3) is 0 Å². The Balaban J connectivity index is 0.00000277. The van der Waals surface area contributed by atoms with E-state index in [9.17, 15) is 47.5 Å². The third kappa shape index (κ3) is 41.1. The molecule has 0 amide bonds. The van der Waals surface area contributed by atoms with Crippen molar-refractivity contribution in [2.45, 2.75) is 166 Å². The van der Waals surface area contributed by atoms with Crippen LogP contribution in [-0.4, -0.2) is 66.5 Å². The number of aromatic nitrogens is 3. The zero-order chi connectivity index (χ0) is 43.2. The quantitative estimate of drug-likeness (QED) is 0.0278. The third-order valence-electron chi connectivity index (χ3n) is 8.89. The predicted octanol–water partition coefficient (Wildman–Crippen LogP) is 12.7. The monoisotopic (exact) mass is 885 g/mol. The van der Waals surface area contributed by atoms with Crippen LogP contribution in [0.2, 0.25) is 0 Å². The lowest BCUT2D eigenvalue weighted by Crippen LogP contribution is -2.12. The molecule has 0 bridgehead atoms. The van der Waals surface area contributed by atoms with Crippen molar-refractivity contribution < 1.29 is 47.5 Å². The van der Waals surface area contributed by atoms with Crippen molar-refractivity contribution in [3.05, 3.63) is 46.8 Å². The Morgan fingerprint density at radius 2 is 0.895 bits per heavy atom. The summed E-state index contributed by atoms with van der Waals surface area (Å²) < 4.78 is 112. The van der Waals surface area contributed by atoms with E-state index >= 15 is 0 Å². The van der Waals surface area contributed by atoms with Crippen molar-refractivity contribution in [1.82, 2.24) is 15.0 Å². The molecule has 0 spiro atoms. The molecular weight excluding hydrogens is 816 g/mol. The van der Waals surface area contributed by atoms with Crippen molar-refractivity contribution in [1.29, 1.82) is 0 Å². The first-order valence-electron chi connectivity index (χ1n) is 20.6. The van der Waals surface area contributed by atoms with Gasteiger partial charge in [0.05, 0.1) is 19.1 Å². The zero-order valence-corrected chi connectivity index (χ0v) is 37.2. The van der Waals surface area contributed by atoms with Crippen LogP contribution < -0.4 is 0 Å². The van der Waals surface area contributed by atoms with Crippen molar-refractivity contribution in [3.8, 4) is 0 Å². The van der Waals surface area contributed by atoms with Gasteiger partial charge in [0.1, 0.15) is 34.5 Å². The standard InChI is InChI=1S/C38H68N3O3S3.2BF4/c1-5-7-9-11-13-15-17-19-21-23-25-45(3)32-36-27-35(30-41-31-38(39-40-41)34-47(42,43)44)28-37(29-36)33-46(4)26-24-22-20-18-16-14-12-10-8-6-2;2*2-1(3,4)5/h27-29,31H,5-26,30,32-34H2,1-4H3;;/q+1;2*-1/p+1. The molecule has 2 unspecified atom stereocenters. The minimum absolute atomic E-state index is 0.266. The van der Waals surface area contributed by atoms with Crippen LogP contribution in [-0.2, 0) is 55.7 Å². The largest absolute Gasteiger partial charge is 0.673 e. The third-order valence-corrected chi connectivity index (χ3v) is 13.2. The lowest BCUT2D eigenvalue weighted by atomic mass is 10.1. The number of hydrogen-bond donors (Lipinski definition) is 1. The number of benzene rings is 1. The van der Waals surface area contributed by atoms with Gasteiger partial charge in [-0.15, -0.1) is 5.10 Å². The molecule has 2 atom stereocenters. The highest BCUT2D eigenvalue weighted by molar-refractivity contribution is 7.95. The molecule has 1 heterocycles. The SMILES string of the molecule is CCCCCCCCCCCC[S+](C)Cc1cc(Cn2cc(CS(=O)(=O)O)nn2)cc(C[S+](C)CCCCCCCCCCCC)c1.F[B-](F)(F)F.F[B-](F)(F)F. The van der Waals surface area contributed by atoms with E-state index in [-0.39, 0.29) is 5.69 Å². The van der Waals surface area contributed by atoms with E-state index in [1.54, 1.807) is 10.9 Å². The molecule has 0 saturated heterocycles. The molecule has 0 radical (unpaired) electrons. The van der Waals surface area contributed by atoms with Crippen LogP contribution in [0.3, 0.4) is 0 Å². The van der Waals surface area contributed by atoms with Crippen LogP contribution in [0, 0.1) is 0 Å². The first-order valence-corrected chi connectivity index (χ1v) is 26.1. The molecule has 19 heteroatoms. The molecule has 0 aliphatic carbocycles. The molecule has 1 aromatic heterocycles. The highest BCUT2D eigenvalue weighted by atomic mass is 32.2. The van der Waals surface area contributed by atoms with E-state index in [2.05, 4.69) is 54.9 Å². The van der Waals surface area contributed by atoms with Gasteiger partial charge in [0.2, 0.25) is 0 Å².